The van der Waals surface area contributed by atoms with E-state index in [1.165, 1.54) is 20.5 Å². The number of fused-ring (bicyclic) bond motifs is 5. The van der Waals surface area contributed by atoms with Gasteiger partial charge in [-0.25, -0.2) is 4.98 Å². The minimum atomic E-state index is 1.06. The van der Waals surface area contributed by atoms with E-state index < -0.39 is 0 Å². The summed E-state index contributed by atoms with van der Waals surface area (Å²) in [5, 5.41) is 2.33. The summed E-state index contributed by atoms with van der Waals surface area (Å²) in [4.78, 5) is 7.27. The maximum Gasteiger partial charge on any atom is 0.142 e. The Labute approximate surface area is 141 Å². The molecule has 0 spiro atoms. The quantitative estimate of drug-likeness (QED) is 0.403. The van der Waals surface area contributed by atoms with Gasteiger partial charge in [0.1, 0.15) is 9.86 Å². The van der Waals surface area contributed by atoms with Crippen LogP contribution < -0.4 is 0 Å². The Morgan fingerprint density at radius 3 is 2.61 bits per heavy atom. The summed E-state index contributed by atoms with van der Waals surface area (Å²) in [5.41, 5.74) is 2.37. The zero-order valence-corrected chi connectivity index (χ0v) is 13.8. The predicted molar refractivity (Wildman–Crippen MR) is 98.6 cm³/mol. The Hall–Kier alpha value is -2.30. The topological polar surface area (TPSA) is 17.3 Å². The number of hydrogen-bond donors (Lipinski definition) is 0. The zero-order valence-electron chi connectivity index (χ0n) is 12.1. The average molecular weight is 332 g/mol. The third-order valence-corrected chi connectivity index (χ3v) is 5.98. The van der Waals surface area contributed by atoms with Gasteiger partial charge >= 0.3 is 0 Å². The Kier molecular flexibility index (Phi) is 2.93. The minimum Gasteiger partial charge on any atom is -0.311 e. The zero-order chi connectivity index (χ0) is 15.2. The van der Waals surface area contributed by atoms with Crippen molar-refractivity contribution in [1.82, 2.24) is 9.38 Å². The van der Waals surface area contributed by atoms with Gasteiger partial charge in [-0.1, -0.05) is 48.2 Å². The summed E-state index contributed by atoms with van der Waals surface area (Å²) in [5.74, 6) is 0. The van der Waals surface area contributed by atoms with Crippen LogP contribution in [0.5, 0.6) is 0 Å². The first-order chi connectivity index (χ1) is 11.4. The SMILES string of the molecule is c1ccc(Sc2nc3sc4ccccc4c3n3cccc23)cc1. The third-order valence-electron chi connectivity index (χ3n) is 3.92. The van der Waals surface area contributed by atoms with Gasteiger partial charge < -0.3 is 4.40 Å². The van der Waals surface area contributed by atoms with Gasteiger partial charge in [0.05, 0.1) is 11.0 Å². The van der Waals surface area contributed by atoms with E-state index >= 15 is 0 Å². The third kappa shape index (κ3) is 2.06. The van der Waals surface area contributed by atoms with E-state index in [0.29, 0.717) is 0 Å². The van der Waals surface area contributed by atoms with Crippen molar-refractivity contribution in [2.45, 2.75) is 9.92 Å². The molecule has 0 aliphatic heterocycles. The first kappa shape index (κ1) is 13.2. The van der Waals surface area contributed by atoms with Crippen LogP contribution in [0.4, 0.5) is 0 Å². The molecule has 2 nitrogen and oxygen atoms in total. The minimum absolute atomic E-state index is 1.06. The van der Waals surface area contributed by atoms with Gasteiger partial charge in [0.15, 0.2) is 0 Å². The number of thiophene rings is 1. The number of nitrogens with zero attached hydrogens (tertiary/aromatic N) is 2. The highest BCUT2D eigenvalue weighted by molar-refractivity contribution is 7.99. The van der Waals surface area contributed by atoms with Crippen LogP contribution in [-0.4, -0.2) is 9.38 Å². The summed E-state index contributed by atoms with van der Waals surface area (Å²) in [7, 11) is 0. The molecule has 0 aliphatic rings. The first-order valence-corrected chi connectivity index (χ1v) is 9.05. The predicted octanol–water partition coefficient (Wildman–Crippen LogP) is 5.85. The van der Waals surface area contributed by atoms with Gasteiger partial charge in [-0.2, -0.15) is 0 Å². The summed E-state index contributed by atoms with van der Waals surface area (Å²) >= 11 is 3.48. The van der Waals surface area contributed by atoms with E-state index in [-0.39, 0.29) is 0 Å². The Balaban J connectivity index is 1.82. The van der Waals surface area contributed by atoms with Crippen LogP contribution in [0.25, 0.3) is 25.9 Å². The molecule has 0 radical (unpaired) electrons. The maximum atomic E-state index is 4.97. The summed E-state index contributed by atoms with van der Waals surface area (Å²) in [6.07, 6.45) is 2.13. The first-order valence-electron chi connectivity index (χ1n) is 7.41. The van der Waals surface area contributed by atoms with Crippen LogP contribution in [0.3, 0.4) is 0 Å². The average Bonchev–Trinajstić information content (AvgIpc) is 3.19. The fourth-order valence-corrected chi connectivity index (χ4v) is 4.96. The van der Waals surface area contributed by atoms with Gasteiger partial charge in [0.25, 0.3) is 0 Å². The molecule has 2 aromatic carbocycles. The molecule has 0 amide bonds. The van der Waals surface area contributed by atoms with Crippen molar-refractivity contribution in [3.05, 3.63) is 72.9 Å². The van der Waals surface area contributed by atoms with Crippen molar-refractivity contribution < 1.29 is 0 Å². The lowest BCUT2D eigenvalue weighted by Gasteiger charge is -2.06. The molecule has 0 bridgehead atoms. The van der Waals surface area contributed by atoms with Crippen LogP contribution in [0.2, 0.25) is 0 Å². The smallest absolute Gasteiger partial charge is 0.142 e. The molecule has 5 aromatic rings. The lowest BCUT2D eigenvalue weighted by atomic mass is 10.2. The van der Waals surface area contributed by atoms with E-state index in [1.807, 2.05) is 6.07 Å². The fraction of sp³-hybridized carbons (Fsp3) is 0. The van der Waals surface area contributed by atoms with Crippen molar-refractivity contribution >= 4 is 49.0 Å². The van der Waals surface area contributed by atoms with Crippen LogP contribution in [-0.2, 0) is 0 Å². The highest BCUT2D eigenvalue weighted by Crippen LogP contribution is 2.37. The van der Waals surface area contributed by atoms with E-state index in [2.05, 4.69) is 71.3 Å². The number of hydrogen-bond acceptors (Lipinski definition) is 3. The standard InChI is InChI=1S/C19H12N2S2/c1-2-7-13(8-3-1)22-18-15-10-6-12-21(15)17-14-9-4-5-11-16(14)23-19(17)20-18/h1-12H. The second kappa shape index (κ2) is 5.11. The largest absolute Gasteiger partial charge is 0.311 e. The van der Waals surface area contributed by atoms with Crippen molar-refractivity contribution in [2.75, 3.05) is 0 Å². The van der Waals surface area contributed by atoms with E-state index in [1.54, 1.807) is 23.1 Å². The van der Waals surface area contributed by atoms with E-state index in [0.717, 1.165) is 15.4 Å². The van der Waals surface area contributed by atoms with E-state index in [4.69, 9.17) is 4.98 Å². The highest BCUT2D eigenvalue weighted by Gasteiger charge is 2.14. The molecule has 0 saturated carbocycles. The maximum absolute atomic E-state index is 4.97. The van der Waals surface area contributed by atoms with E-state index in [9.17, 15) is 0 Å². The molecule has 0 fully saturated rings. The molecule has 3 heterocycles. The molecule has 0 atom stereocenters. The van der Waals surface area contributed by atoms with Gasteiger partial charge in [0.2, 0.25) is 0 Å². The normalized spacial score (nSPS) is 11.7. The van der Waals surface area contributed by atoms with Crippen molar-refractivity contribution in [2.24, 2.45) is 0 Å². The molecule has 4 heteroatoms. The fourth-order valence-electron chi connectivity index (χ4n) is 2.90. The van der Waals surface area contributed by atoms with Crippen LogP contribution in [0.15, 0.2) is 82.8 Å². The lowest BCUT2D eigenvalue weighted by Crippen LogP contribution is -1.90. The van der Waals surface area contributed by atoms with Crippen molar-refractivity contribution in [3.63, 3.8) is 0 Å². The monoisotopic (exact) mass is 332 g/mol. The molecule has 3 aromatic heterocycles. The molecule has 110 valence electrons. The van der Waals surface area contributed by atoms with Crippen LogP contribution in [0.1, 0.15) is 0 Å². The summed E-state index contributed by atoms with van der Waals surface area (Å²) in [6.45, 7) is 0. The molecular formula is C19H12N2S2. The number of benzene rings is 2. The lowest BCUT2D eigenvalue weighted by molar-refractivity contribution is 1.14. The molecule has 0 saturated heterocycles. The number of aromatic nitrogens is 2. The van der Waals surface area contributed by atoms with Crippen molar-refractivity contribution in [3.8, 4) is 0 Å². The summed E-state index contributed by atoms with van der Waals surface area (Å²) < 4.78 is 3.55. The van der Waals surface area contributed by atoms with Crippen LogP contribution >= 0.6 is 23.1 Å². The van der Waals surface area contributed by atoms with Gasteiger partial charge in [0, 0.05) is 21.2 Å². The van der Waals surface area contributed by atoms with Gasteiger partial charge in [-0.15, -0.1) is 11.3 Å². The van der Waals surface area contributed by atoms with Crippen molar-refractivity contribution in [1.29, 1.82) is 0 Å². The Bertz CT molecular complexity index is 1140. The molecular weight excluding hydrogens is 320 g/mol. The second-order valence-corrected chi connectivity index (χ2v) is 7.44. The van der Waals surface area contributed by atoms with Gasteiger partial charge in [-0.3, -0.25) is 0 Å². The summed E-state index contributed by atoms with van der Waals surface area (Å²) in [6, 6.07) is 23.2. The molecule has 0 aliphatic carbocycles. The van der Waals surface area contributed by atoms with Gasteiger partial charge in [-0.05, 0) is 30.3 Å². The highest BCUT2D eigenvalue weighted by atomic mass is 32.2. The molecule has 23 heavy (non-hydrogen) atoms. The van der Waals surface area contributed by atoms with Crippen LogP contribution in [0, 0.1) is 0 Å². The molecule has 0 N–H and O–H groups in total. The number of rotatable bonds is 2. The Morgan fingerprint density at radius 1 is 0.870 bits per heavy atom. The Morgan fingerprint density at radius 2 is 1.70 bits per heavy atom. The molecule has 5 rings (SSSR count). The molecule has 0 unspecified atom stereocenters. The second-order valence-electron chi connectivity index (χ2n) is 5.35.